The van der Waals surface area contributed by atoms with Crippen molar-refractivity contribution in [2.75, 3.05) is 7.05 Å². The van der Waals surface area contributed by atoms with Crippen molar-refractivity contribution >= 4 is 11.8 Å². The highest BCUT2D eigenvalue weighted by Crippen LogP contribution is 2.37. The van der Waals surface area contributed by atoms with Crippen LogP contribution in [0, 0.1) is 0 Å². The molecule has 2 aromatic rings. The molecule has 1 aromatic heterocycles. The van der Waals surface area contributed by atoms with Gasteiger partial charge in [-0.15, -0.1) is 0 Å². The van der Waals surface area contributed by atoms with Crippen molar-refractivity contribution in [3.8, 4) is 0 Å². The Hall–Kier alpha value is -2.76. The summed E-state index contributed by atoms with van der Waals surface area (Å²) in [6.45, 7) is 0. The molecule has 2 amide bonds. The van der Waals surface area contributed by atoms with E-state index in [4.69, 9.17) is 0 Å². The lowest BCUT2D eigenvalue weighted by Gasteiger charge is -2.17. The summed E-state index contributed by atoms with van der Waals surface area (Å²) in [5.41, 5.74) is 1.06. The van der Waals surface area contributed by atoms with Crippen molar-refractivity contribution in [2.24, 2.45) is 0 Å². The minimum atomic E-state index is -0.753. The summed E-state index contributed by atoms with van der Waals surface area (Å²) < 4.78 is 0. The molecule has 23 heavy (non-hydrogen) atoms. The summed E-state index contributed by atoms with van der Waals surface area (Å²) in [5, 5.41) is 5.30. The Labute approximate surface area is 134 Å². The summed E-state index contributed by atoms with van der Waals surface area (Å²) in [4.78, 5) is 32.9. The Morgan fingerprint density at radius 2 is 1.78 bits per heavy atom. The minimum absolute atomic E-state index is 0.278. The van der Waals surface area contributed by atoms with Crippen molar-refractivity contribution in [1.29, 1.82) is 0 Å². The van der Waals surface area contributed by atoms with Crippen LogP contribution >= 0.6 is 0 Å². The minimum Gasteiger partial charge on any atom is -0.357 e. The molecule has 6 nitrogen and oxygen atoms in total. The van der Waals surface area contributed by atoms with Gasteiger partial charge in [0.15, 0.2) is 0 Å². The highest BCUT2D eigenvalue weighted by atomic mass is 16.2. The molecule has 1 heterocycles. The molecule has 118 valence electrons. The molecule has 1 atom stereocenters. The van der Waals surface area contributed by atoms with E-state index in [0.29, 0.717) is 11.5 Å². The monoisotopic (exact) mass is 310 g/mol. The maximum Gasteiger partial charge on any atom is 0.255 e. The first-order valence-corrected chi connectivity index (χ1v) is 7.58. The van der Waals surface area contributed by atoms with Gasteiger partial charge in [-0.05, 0) is 18.4 Å². The van der Waals surface area contributed by atoms with Crippen molar-refractivity contribution in [1.82, 2.24) is 20.6 Å². The summed E-state index contributed by atoms with van der Waals surface area (Å²) >= 11 is 0. The molecule has 6 heteroatoms. The number of amides is 2. The number of hydrogen-bond acceptors (Lipinski definition) is 4. The Morgan fingerprint density at radius 1 is 1.13 bits per heavy atom. The van der Waals surface area contributed by atoms with Crippen molar-refractivity contribution in [3.63, 3.8) is 0 Å². The van der Waals surface area contributed by atoms with Gasteiger partial charge in [-0.1, -0.05) is 30.3 Å². The Bertz CT molecular complexity index is 696. The molecule has 1 fully saturated rings. The Balaban J connectivity index is 1.76. The first-order valence-electron chi connectivity index (χ1n) is 7.58. The molecule has 0 aliphatic heterocycles. The molecule has 0 bridgehead atoms. The van der Waals surface area contributed by atoms with Gasteiger partial charge in [0.2, 0.25) is 5.91 Å². The number of benzene rings is 1. The van der Waals surface area contributed by atoms with E-state index in [1.165, 1.54) is 19.4 Å². The molecule has 0 unspecified atom stereocenters. The zero-order valence-corrected chi connectivity index (χ0v) is 12.8. The number of nitrogens with one attached hydrogen (secondary N) is 2. The molecular formula is C17H18N4O2. The highest BCUT2D eigenvalue weighted by molar-refractivity contribution is 5.97. The van der Waals surface area contributed by atoms with E-state index in [2.05, 4.69) is 20.6 Å². The van der Waals surface area contributed by atoms with Crippen LogP contribution in [-0.2, 0) is 4.79 Å². The molecule has 0 spiro atoms. The van der Waals surface area contributed by atoms with Crippen molar-refractivity contribution < 1.29 is 9.59 Å². The fourth-order valence-corrected chi connectivity index (χ4v) is 2.31. The van der Waals surface area contributed by atoms with Gasteiger partial charge in [-0.2, -0.15) is 0 Å². The van der Waals surface area contributed by atoms with E-state index in [9.17, 15) is 9.59 Å². The third-order valence-electron chi connectivity index (χ3n) is 3.79. The van der Waals surface area contributed by atoms with Gasteiger partial charge in [0.1, 0.15) is 11.9 Å². The van der Waals surface area contributed by atoms with Gasteiger partial charge in [-0.3, -0.25) is 9.59 Å². The molecule has 1 aliphatic rings. The summed E-state index contributed by atoms with van der Waals surface area (Å²) in [6.07, 6.45) is 5.25. The van der Waals surface area contributed by atoms with E-state index in [1.807, 2.05) is 18.2 Å². The zero-order valence-electron chi connectivity index (χ0n) is 12.8. The van der Waals surface area contributed by atoms with Crippen LogP contribution in [0.5, 0.6) is 0 Å². The van der Waals surface area contributed by atoms with Crippen LogP contribution in [0.2, 0.25) is 0 Å². The fourth-order valence-electron chi connectivity index (χ4n) is 2.31. The van der Waals surface area contributed by atoms with Gasteiger partial charge in [0, 0.05) is 25.4 Å². The predicted octanol–water partition coefficient (Wildman–Crippen LogP) is 1.57. The molecular weight excluding hydrogens is 292 g/mol. The number of aromatic nitrogens is 2. The topological polar surface area (TPSA) is 84.0 Å². The summed E-state index contributed by atoms with van der Waals surface area (Å²) in [6, 6.07) is 8.35. The fraction of sp³-hybridized carbons (Fsp3) is 0.294. The summed E-state index contributed by atoms with van der Waals surface area (Å²) in [7, 11) is 1.54. The van der Waals surface area contributed by atoms with Crippen LogP contribution < -0.4 is 10.6 Å². The lowest BCUT2D eigenvalue weighted by Crippen LogP contribution is -2.39. The Morgan fingerprint density at radius 3 is 2.35 bits per heavy atom. The number of nitrogens with zero attached hydrogens (tertiary/aromatic N) is 2. The van der Waals surface area contributed by atoms with Crippen molar-refractivity contribution in [2.45, 2.75) is 24.8 Å². The largest absolute Gasteiger partial charge is 0.357 e. The standard InChI is InChI=1S/C17H18N4O2/c1-18-17(23)14(11-5-3-2-4-6-11)21-16(22)13-9-19-15(20-10-13)12-7-8-12/h2-6,9-10,12,14H,7-8H2,1H3,(H,18,23)(H,21,22)/t14-/m0/s1. The van der Waals surface area contributed by atoms with Crippen LogP contribution in [0.3, 0.4) is 0 Å². The average molecular weight is 310 g/mol. The number of carbonyl (C=O) groups excluding carboxylic acids is 2. The molecule has 0 saturated heterocycles. The summed E-state index contributed by atoms with van der Waals surface area (Å²) in [5.74, 6) is 0.576. The first-order chi connectivity index (χ1) is 11.2. The van der Waals surface area contributed by atoms with E-state index in [0.717, 1.165) is 24.2 Å². The maximum absolute atomic E-state index is 12.4. The number of rotatable bonds is 5. The third kappa shape index (κ3) is 3.53. The van der Waals surface area contributed by atoms with Crippen LogP contribution in [-0.4, -0.2) is 28.8 Å². The lowest BCUT2D eigenvalue weighted by molar-refractivity contribution is -0.122. The second kappa shape index (κ2) is 6.56. The van der Waals surface area contributed by atoms with E-state index < -0.39 is 6.04 Å². The SMILES string of the molecule is CNC(=O)[C@@H](NC(=O)c1cnc(C2CC2)nc1)c1ccccc1. The molecule has 1 saturated carbocycles. The number of carbonyl (C=O) groups is 2. The molecule has 2 N–H and O–H groups in total. The second-order valence-corrected chi connectivity index (χ2v) is 5.54. The van der Waals surface area contributed by atoms with Gasteiger partial charge in [0.25, 0.3) is 5.91 Å². The Kier molecular flexibility index (Phi) is 4.32. The van der Waals surface area contributed by atoms with E-state index >= 15 is 0 Å². The normalized spacial score (nSPS) is 14.8. The van der Waals surface area contributed by atoms with Gasteiger partial charge in [-0.25, -0.2) is 9.97 Å². The van der Waals surface area contributed by atoms with Crippen LogP contribution in [0.1, 0.15) is 46.5 Å². The van der Waals surface area contributed by atoms with Crippen LogP contribution in [0.4, 0.5) is 0 Å². The molecule has 0 radical (unpaired) electrons. The molecule has 1 aromatic carbocycles. The van der Waals surface area contributed by atoms with Gasteiger partial charge >= 0.3 is 0 Å². The van der Waals surface area contributed by atoms with Gasteiger partial charge in [0.05, 0.1) is 5.56 Å². The average Bonchev–Trinajstić information content (AvgIpc) is 3.45. The smallest absolute Gasteiger partial charge is 0.255 e. The highest BCUT2D eigenvalue weighted by Gasteiger charge is 2.27. The first kappa shape index (κ1) is 15.1. The predicted molar refractivity (Wildman–Crippen MR) is 84.7 cm³/mol. The van der Waals surface area contributed by atoms with E-state index in [1.54, 1.807) is 12.1 Å². The third-order valence-corrected chi connectivity index (χ3v) is 3.79. The second-order valence-electron chi connectivity index (χ2n) is 5.54. The number of likely N-dealkylation sites (N-methyl/N-ethyl adjacent to an activating group) is 1. The molecule has 1 aliphatic carbocycles. The van der Waals surface area contributed by atoms with Gasteiger partial charge < -0.3 is 10.6 Å². The van der Waals surface area contributed by atoms with E-state index in [-0.39, 0.29) is 11.8 Å². The maximum atomic E-state index is 12.4. The quantitative estimate of drug-likeness (QED) is 0.878. The van der Waals surface area contributed by atoms with Crippen LogP contribution in [0.15, 0.2) is 42.7 Å². The zero-order chi connectivity index (χ0) is 16.2. The lowest BCUT2D eigenvalue weighted by atomic mass is 10.1. The molecule has 3 rings (SSSR count). The number of hydrogen-bond donors (Lipinski definition) is 2. The van der Waals surface area contributed by atoms with Crippen LogP contribution in [0.25, 0.3) is 0 Å². The van der Waals surface area contributed by atoms with Crippen molar-refractivity contribution in [3.05, 3.63) is 59.7 Å².